The highest BCUT2D eigenvalue weighted by Gasteiger charge is 2.30. The summed E-state index contributed by atoms with van der Waals surface area (Å²) < 4.78 is 11.3. The van der Waals surface area contributed by atoms with Gasteiger partial charge in [0.1, 0.15) is 5.60 Å². The van der Waals surface area contributed by atoms with Crippen LogP contribution in [0.2, 0.25) is 0 Å². The van der Waals surface area contributed by atoms with E-state index in [-0.39, 0.29) is 11.2 Å². The first-order valence-corrected chi connectivity index (χ1v) is 6.35. The molecule has 0 radical (unpaired) electrons. The Balaban J connectivity index is 2.26. The van der Waals surface area contributed by atoms with Crippen molar-refractivity contribution in [3.05, 3.63) is 23.8 Å². The molecule has 0 spiro atoms. The molecule has 1 aromatic carbocycles. The third-order valence-corrected chi connectivity index (χ3v) is 3.43. The summed E-state index contributed by atoms with van der Waals surface area (Å²) in [6.45, 7) is 3.84. The molecule has 0 aromatic heterocycles. The summed E-state index contributed by atoms with van der Waals surface area (Å²) in [7, 11) is 1.55. The molecule has 2 rings (SSSR count). The number of hydrogen-bond acceptors (Lipinski definition) is 4. The molecule has 1 fully saturated rings. The van der Waals surface area contributed by atoms with Crippen molar-refractivity contribution < 1.29 is 19.4 Å². The number of piperidine rings is 1. The monoisotopic (exact) mass is 265 g/mol. The van der Waals surface area contributed by atoms with E-state index in [1.165, 1.54) is 12.1 Å². The second-order valence-corrected chi connectivity index (χ2v) is 4.97. The summed E-state index contributed by atoms with van der Waals surface area (Å²) in [6, 6.07) is 4.66. The first-order valence-electron chi connectivity index (χ1n) is 6.35. The van der Waals surface area contributed by atoms with Gasteiger partial charge in [-0.05, 0) is 51.1 Å². The molecule has 1 heterocycles. The molecular weight excluding hydrogens is 246 g/mol. The van der Waals surface area contributed by atoms with E-state index in [1.54, 1.807) is 13.2 Å². The van der Waals surface area contributed by atoms with Crippen molar-refractivity contribution in [3.63, 3.8) is 0 Å². The molecule has 19 heavy (non-hydrogen) atoms. The van der Waals surface area contributed by atoms with Crippen molar-refractivity contribution in [2.75, 3.05) is 20.2 Å². The molecular formula is C14H19NO4. The van der Waals surface area contributed by atoms with E-state index in [2.05, 4.69) is 5.32 Å². The van der Waals surface area contributed by atoms with Gasteiger partial charge in [0, 0.05) is 0 Å². The molecule has 0 atom stereocenters. The minimum absolute atomic E-state index is 0.202. The van der Waals surface area contributed by atoms with E-state index in [9.17, 15) is 4.79 Å². The summed E-state index contributed by atoms with van der Waals surface area (Å²) in [5, 5.41) is 12.3. The van der Waals surface area contributed by atoms with E-state index in [0.717, 1.165) is 25.9 Å². The van der Waals surface area contributed by atoms with Gasteiger partial charge in [0.05, 0.1) is 12.7 Å². The average Bonchev–Trinajstić information content (AvgIpc) is 2.39. The van der Waals surface area contributed by atoms with Crippen molar-refractivity contribution in [1.82, 2.24) is 5.32 Å². The molecule has 5 heteroatoms. The topological polar surface area (TPSA) is 67.8 Å². The van der Waals surface area contributed by atoms with E-state index < -0.39 is 5.97 Å². The van der Waals surface area contributed by atoms with Gasteiger partial charge in [0.15, 0.2) is 11.5 Å². The number of carbonyl (C=O) groups is 1. The molecule has 1 saturated heterocycles. The molecule has 0 aliphatic carbocycles. The lowest BCUT2D eigenvalue weighted by atomic mass is 9.94. The fourth-order valence-electron chi connectivity index (χ4n) is 2.21. The number of ether oxygens (including phenoxy) is 2. The lowest BCUT2D eigenvalue weighted by Crippen LogP contribution is -2.43. The molecule has 2 N–H and O–H groups in total. The van der Waals surface area contributed by atoms with Crippen molar-refractivity contribution in [2.45, 2.75) is 25.4 Å². The van der Waals surface area contributed by atoms with Crippen LogP contribution in [0, 0.1) is 0 Å². The Morgan fingerprint density at radius 3 is 2.58 bits per heavy atom. The van der Waals surface area contributed by atoms with Crippen LogP contribution in [0.15, 0.2) is 18.2 Å². The number of hydrogen-bond donors (Lipinski definition) is 2. The maximum atomic E-state index is 11.0. The van der Waals surface area contributed by atoms with Gasteiger partial charge >= 0.3 is 5.97 Å². The Morgan fingerprint density at radius 1 is 1.32 bits per heavy atom. The summed E-state index contributed by atoms with van der Waals surface area (Å²) in [6.07, 6.45) is 1.76. The Hall–Kier alpha value is -1.75. The summed E-state index contributed by atoms with van der Waals surface area (Å²) >= 11 is 0. The van der Waals surface area contributed by atoms with Crippen LogP contribution in [-0.4, -0.2) is 36.9 Å². The maximum Gasteiger partial charge on any atom is 0.335 e. The molecule has 0 saturated carbocycles. The second-order valence-electron chi connectivity index (χ2n) is 4.97. The zero-order valence-corrected chi connectivity index (χ0v) is 11.2. The molecule has 1 aromatic rings. The molecule has 0 bridgehead atoms. The van der Waals surface area contributed by atoms with Crippen LogP contribution in [0.3, 0.4) is 0 Å². The van der Waals surface area contributed by atoms with Crippen LogP contribution in [-0.2, 0) is 0 Å². The van der Waals surface area contributed by atoms with Gasteiger partial charge in [-0.15, -0.1) is 0 Å². The van der Waals surface area contributed by atoms with Gasteiger partial charge in [0.25, 0.3) is 0 Å². The summed E-state index contributed by atoms with van der Waals surface area (Å²) in [5.41, 5.74) is -0.0799. The molecule has 0 unspecified atom stereocenters. The van der Waals surface area contributed by atoms with Gasteiger partial charge in [-0.3, -0.25) is 0 Å². The molecule has 1 aliphatic heterocycles. The molecule has 104 valence electrons. The maximum absolute atomic E-state index is 11.0. The van der Waals surface area contributed by atoms with Crippen LogP contribution in [0.4, 0.5) is 0 Å². The SMILES string of the molecule is COc1ccc(C(=O)O)cc1OC1(C)CCNCC1. The highest BCUT2D eigenvalue weighted by atomic mass is 16.5. The van der Waals surface area contributed by atoms with Crippen LogP contribution in [0.25, 0.3) is 0 Å². The quantitative estimate of drug-likeness (QED) is 0.870. The van der Waals surface area contributed by atoms with Gasteiger partial charge in [-0.25, -0.2) is 4.79 Å². The van der Waals surface area contributed by atoms with Gasteiger partial charge in [0.2, 0.25) is 0 Å². The Morgan fingerprint density at radius 2 is 2.00 bits per heavy atom. The Kier molecular flexibility index (Phi) is 3.95. The molecule has 1 aliphatic rings. The number of nitrogens with one attached hydrogen (secondary N) is 1. The minimum Gasteiger partial charge on any atom is -0.493 e. The number of rotatable bonds is 4. The van der Waals surface area contributed by atoms with Crippen molar-refractivity contribution in [2.24, 2.45) is 0 Å². The lowest BCUT2D eigenvalue weighted by Gasteiger charge is -2.35. The van der Waals surface area contributed by atoms with Crippen molar-refractivity contribution >= 4 is 5.97 Å². The predicted octanol–water partition coefficient (Wildman–Crippen LogP) is 1.91. The van der Waals surface area contributed by atoms with Gasteiger partial charge in [-0.1, -0.05) is 0 Å². The zero-order chi connectivity index (χ0) is 13.9. The highest BCUT2D eigenvalue weighted by Crippen LogP contribution is 2.34. The number of benzene rings is 1. The van der Waals surface area contributed by atoms with Crippen molar-refractivity contribution in [3.8, 4) is 11.5 Å². The third kappa shape index (κ3) is 3.17. The average molecular weight is 265 g/mol. The number of carboxylic acid groups (broad SMARTS) is 1. The fourth-order valence-corrected chi connectivity index (χ4v) is 2.21. The van der Waals surface area contributed by atoms with Crippen LogP contribution in [0.1, 0.15) is 30.1 Å². The largest absolute Gasteiger partial charge is 0.493 e. The summed E-state index contributed by atoms with van der Waals surface area (Å²) in [5.74, 6) is 0.0829. The zero-order valence-electron chi connectivity index (χ0n) is 11.2. The first kappa shape index (κ1) is 13.7. The fraction of sp³-hybridized carbons (Fsp3) is 0.500. The summed E-state index contributed by atoms with van der Waals surface area (Å²) in [4.78, 5) is 11.0. The Labute approximate surface area is 112 Å². The standard InChI is InChI=1S/C14H19NO4/c1-14(5-7-15-8-6-14)19-12-9-10(13(16)17)3-4-11(12)18-2/h3-4,9,15H,5-8H2,1-2H3,(H,16,17). The van der Waals surface area contributed by atoms with E-state index in [1.807, 2.05) is 6.92 Å². The number of carboxylic acids is 1. The van der Waals surface area contributed by atoms with Crippen LogP contribution >= 0.6 is 0 Å². The van der Waals surface area contributed by atoms with Crippen molar-refractivity contribution in [1.29, 1.82) is 0 Å². The lowest BCUT2D eigenvalue weighted by molar-refractivity contribution is 0.0520. The number of aromatic carboxylic acids is 1. The molecule has 5 nitrogen and oxygen atoms in total. The Bertz CT molecular complexity index is 467. The minimum atomic E-state index is -0.969. The first-order chi connectivity index (χ1) is 9.04. The van der Waals surface area contributed by atoms with E-state index >= 15 is 0 Å². The smallest absolute Gasteiger partial charge is 0.335 e. The normalized spacial score (nSPS) is 17.8. The van der Waals surface area contributed by atoms with Gasteiger partial charge < -0.3 is 19.9 Å². The van der Waals surface area contributed by atoms with E-state index in [0.29, 0.717) is 11.5 Å². The van der Waals surface area contributed by atoms with Crippen LogP contribution in [0.5, 0.6) is 11.5 Å². The highest BCUT2D eigenvalue weighted by molar-refractivity contribution is 5.88. The van der Waals surface area contributed by atoms with Gasteiger partial charge in [-0.2, -0.15) is 0 Å². The number of methoxy groups -OCH3 is 1. The van der Waals surface area contributed by atoms with E-state index in [4.69, 9.17) is 14.6 Å². The molecule has 0 amide bonds. The van der Waals surface area contributed by atoms with Crippen LogP contribution < -0.4 is 14.8 Å². The third-order valence-electron chi connectivity index (χ3n) is 3.43. The second kappa shape index (κ2) is 5.48. The predicted molar refractivity (Wildman–Crippen MR) is 71.1 cm³/mol.